The van der Waals surface area contributed by atoms with Crippen LogP contribution >= 0.6 is 0 Å². The van der Waals surface area contributed by atoms with Crippen molar-refractivity contribution in [2.75, 3.05) is 6.61 Å². The molecule has 2 amide bonds. The van der Waals surface area contributed by atoms with Gasteiger partial charge in [0.15, 0.2) is 5.78 Å². The summed E-state index contributed by atoms with van der Waals surface area (Å²) in [7, 11) is 0. The van der Waals surface area contributed by atoms with Crippen LogP contribution in [0.5, 0.6) is 0 Å². The molecule has 0 fully saturated rings. The zero-order chi connectivity index (χ0) is 23.2. The number of imide groups is 1. The van der Waals surface area contributed by atoms with Gasteiger partial charge in [-0.15, -0.1) is 0 Å². The van der Waals surface area contributed by atoms with Gasteiger partial charge in [-0.25, -0.2) is 0 Å². The molecule has 31 heavy (non-hydrogen) atoms. The number of amides is 2. The average molecular weight is 437 g/mol. The van der Waals surface area contributed by atoms with Crippen molar-refractivity contribution in [1.29, 1.82) is 0 Å². The SMILES string of the molecule is C[C@@H](CC(=O)NC(=O)C1COC(/C=C/CCCCCCCCC(=O)O)=CC1=O)C(=O)O. The third-order valence-electron chi connectivity index (χ3n) is 4.83. The standard InChI is InChI=1S/C22H31NO8/c1-15(22(29)30)12-19(25)23-21(28)17-14-31-16(13-18(17)24)10-8-6-4-2-3-5-7-9-11-20(26)27/h8,10,13,15,17H,2-7,9,11-12,14H2,1H3,(H,26,27)(H,29,30)(H,23,25,28)/b10-8+/t15-,17?/m0/s1. The van der Waals surface area contributed by atoms with E-state index in [-0.39, 0.29) is 19.4 Å². The monoisotopic (exact) mass is 437 g/mol. The fourth-order valence-electron chi connectivity index (χ4n) is 2.93. The van der Waals surface area contributed by atoms with Gasteiger partial charge in [0.1, 0.15) is 18.3 Å². The van der Waals surface area contributed by atoms with Gasteiger partial charge in [0.2, 0.25) is 11.8 Å². The second-order valence-electron chi connectivity index (χ2n) is 7.62. The third kappa shape index (κ3) is 11.1. The van der Waals surface area contributed by atoms with Gasteiger partial charge < -0.3 is 14.9 Å². The van der Waals surface area contributed by atoms with Gasteiger partial charge in [-0.2, -0.15) is 0 Å². The first-order valence-corrected chi connectivity index (χ1v) is 10.5. The van der Waals surface area contributed by atoms with E-state index in [4.69, 9.17) is 14.9 Å². The van der Waals surface area contributed by atoms with Gasteiger partial charge in [0.05, 0.1) is 5.92 Å². The van der Waals surface area contributed by atoms with E-state index in [0.717, 1.165) is 38.5 Å². The minimum Gasteiger partial charge on any atom is -0.492 e. The highest BCUT2D eigenvalue weighted by Gasteiger charge is 2.31. The summed E-state index contributed by atoms with van der Waals surface area (Å²) in [6.07, 6.45) is 11.2. The molecular weight excluding hydrogens is 406 g/mol. The molecule has 3 N–H and O–H groups in total. The Bertz CT molecular complexity index is 725. The van der Waals surface area contributed by atoms with Crippen LogP contribution in [0.15, 0.2) is 24.0 Å². The van der Waals surface area contributed by atoms with Crippen molar-refractivity contribution in [3.05, 3.63) is 24.0 Å². The molecule has 172 valence electrons. The van der Waals surface area contributed by atoms with Crippen molar-refractivity contribution in [3.63, 3.8) is 0 Å². The predicted molar refractivity (Wildman–Crippen MR) is 111 cm³/mol. The van der Waals surface area contributed by atoms with Crippen molar-refractivity contribution in [2.45, 2.75) is 64.7 Å². The summed E-state index contributed by atoms with van der Waals surface area (Å²) in [6.45, 7) is 1.17. The van der Waals surface area contributed by atoms with E-state index >= 15 is 0 Å². The number of aliphatic carboxylic acids is 2. The normalized spacial score (nSPS) is 17.0. The fourth-order valence-corrected chi connectivity index (χ4v) is 2.93. The predicted octanol–water partition coefficient (Wildman–Crippen LogP) is 2.60. The molecule has 9 heteroatoms. The van der Waals surface area contributed by atoms with Crippen LogP contribution in [0.2, 0.25) is 0 Å². The molecule has 0 aromatic carbocycles. The van der Waals surface area contributed by atoms with E-state index < -0.39 is 41.4 Å². The first kappa shape index (κ1) is 26.1. The molecule has 1 unspecified atom stereocenters. The Morgan fingerprint density at radius 2 is 1.77 bits per heavy atom. The summed E-state index contributed by atoms with van der Waals surface area (Å²) < 4.78 is 5.41. The topological polar surface area (TPSA) is 147 Å². The molecule has 0 aliphatic carbocycles. The molecular formula is C22H31NO8. The second-order valence-corrected chi connectivity index (χ2v) is 7.62. The molecule has 0 saturated carbocycles. The maximum atomic E-state index is 12.2. The summed E-state index contributed by atoms with van der Waals surface area (Å²) in [6, 6.07) is 0. The number of carboxylic acid groups (broad SMARTS) is 2. The number of hydrogen-bond donors (Lipinski definition) is 3. The largest absolute Gasteiger partial charge is 0.492 e. The number of hydrogen-bond acceptors (Lipinski definition) is 6. The average Bonchev–Trinajstić information content (AvgIpc) is 2.68. The van der Waals surface area contributed by atoms with E-state index in [2.05, 4.69) is 5.32 Å². The number of ketones is 1. The molecule has 1 rings (SSSR count). The van der Waals surface area contributed by atoms with E-state index in [0.29, 0.717) is 12.2 Å². The Kier molecular flexibility index (Phi) is 11.9. The molecule has 1 aliphatic heterocycles. The number of carbonyl (C=O) groups is 5. The van der Waals surface area contributed by atoms with Gasteiger partial charge in [-0.05, 0) is 25.3 Å². The highest BCUT2D eigenvalue weighted by Crippen LogP contribution is 2.16. The first-order valence-electron chi connectivity index (χ1n) is 10.5. The Labute approximate surface area is 181 Å². The molecule has 0 radical (unpaired) electrons. The minimum atomic E-state index is -1.14. The first-order chi connectivity index (χ1) is 14.7. The smallest absolute Gasteiger partial charge is 0.306 e. The quantitative estimate of drug-likeness (QED) is 0.277. The summed E-state index contributed by atoms with van der Waals surface area (Å²) in [4.78, 5) is 57.1. The van der Waals surface area contributed by atoms with Gasteiger partial charge in [0.25, 0.3) is 0 Å². The van der Waals surface area contributed by atoms with Crippen molar-refractivity contribution in [1.82, 2.24) is 5.32 Å². The van der Waals surface area contributed by atoms with Gasteiger partial charge in [-0.1, -0.05) is 38.7 Å². The number of rotatable bonds is 14. The van der Waals surface area contributed by atoms with Crippen LogP contribution < -0.4 is 5.32 Å². The molecule has 0 aromatic rings. The van der Waals surface area contributed by atoms with Gasteiger partial charge in [0, 0.05) is 18.9 Å². The van der Waals surface area contributed by atoms with Crippen molar-refractivity contribution in [3.8, 4) is 0 Å². The van der Waals surface area contributed by atoms with Gasteiger partial charge >= 0.3 is 11.9 Å². The fraction of sp³-hybridized carbons (Fsp3) is 0.591. The lowest BCUT2D eigenvalue weighted by Crippen LogP contribution is -2.42. The van der Waals surface area contributed by atoms with Crippen LogP contribution in [0, 0.1) is 11.8 Å². The van der Waals surface area contributed by atoms with Gasteiger partial charge in [-0.3, -0.25) is 29.3 Å². The number of unbranched alkanes of at least 4 members (excludes halogenated alkanes) is 6. The van der Waals surface area contributed by atoms with Crippen molar-refractivity contribution >= 4 is 29.5 Å². The maximum absolute atomic E-state index is 12.2. The Morgan fingerprint density at radius 1 is 1.13 bits per heavy atom. The molecule has 1 aliphatic rings. The Morgan fingerprint density at radius 3 is 2.39 bits per heavy atom. The van der Waals surface area contributed by atoms with Crippen molar-refractivity contribution in [2.24, 2.45) is 11.8 Å². The summed E-state index contributed by atoms with van der Waals surface area (Å²) in [5, 5.41) is 19.4. The van der Waals surface area contributed by atoms with E-state index in [9.17, 15) is 24.0 Å². The second kappa shape index (κ2) is 14.1. The zero-order valence-corrected chi connectivity index (χ0v) is 17.8. The number of carbonyl (C=O) groups excluding carboxylic acids is 3. The van der Waals surface area contributed by atoms with Crippen LogP contribution in [-0.4, -0.2) is 46.4 Å². The lowest BCUT2D eigenvalue weighted by Gasteiger charge is -2.20. The summed E-state index contributed by atoms with van der Waals surface area (Å²) >= 11 is 0. The van der Waals surface area contributed by atoms with Crippen LogP contribution in [0.25, 0.3) is 0 Å². The van der Waals surface area contributed by atoms with Crippen molar-refractivity contribution < 1.29 is 38.9 Å². The molecule has 2 atom stereocenters. The minimum absolute atomic E-state index is 0.182. The molecule has 0 saturated heterocycles. The summed E-state index contributed by atoms with van der Waals surface area (Å²) in [5.41, 5.74) is 0. The Hall–Kier alpha value is -2.97. The van der Waals surface area contributed by atoms with Crippen LogP contribution in [0.1, 0.15) is 64.7 Å². The van der Waals surface area contributed by atoms with Crippen LogP contribution in [-0.2, 0) is 28.7 Å². The Balaban J connectivity index is 2.28. The maximum Gasteiger partial charge on any atom is 0.306 e. The van der Waals surface area contributed by atoms with Crippen LogP contribution in [0.3, 0.4) is 0 Å². The van der Waals surface area contributed by atoms with E-state index in [1.165, 1.54) is 13.0 Å². The highest BCUT2D eigenvalue weighted by molar-refractivity contribution is 6.11. The molecule has 0 spiro atoms. The summed E-state index contributed by atoms with van der Waals surface area (Å²) in [5.74, 6) is -5.62. The highest BCUT2D eigenvalue weighted by atomic mass is 16.5. The molecule has 1 heterocycles. The zero-order valence-electron chi connectivity index (χ0n) is 17.8. The van der Waals surface area contributed by atoms with E-state index in [1.54, 1.807) is 6.08 Å². The number of ether oxygens (including phenoxy) is 1. The number of carboxylic acids is 2. The molecule has 0 bridgehead atoms. The lowest BCUT2D eigenvalue weighted by molar-refractivity contribution is -0.145. The lowest BCUT2D eigenvalue weighted by atomic mass is 10.0. The number of nitrogens with one attached hydrogen (secondary N) is 1. The third-order valence-corrected chi connectivity index (χ3v) is 4.83. The molecule has 0 aromatic heterocycles. The van der Waals surface area contributed by atoms with E-state index in [1.807, 2.05) is 6.08 Å². The van der Waals surface area contributed by atoms with Crippen LogP contribution in [0.4, 0.5) is 0 Å². The number of allylic oxidation sites excluding steroid dienone is 3. The molecule has 9 nitrogen and oxygen atoms in total.